The van der Waals surface area contributed by atoms with E-state index in [4.69, 9.17) is 22.6 Å². The fourth-order valence-corrected chi connectivity index (χ4v) is 5.55. The van der Waals surface area contributed by atoms with Gasteiger partial charge in [0, 0.05) is 33.1 Å². The highest BCUT2D eigenvalue weighted by Gasteiger charge is 2.41. The molecule has 1 aromatic heterocycles. The summed E-state index contributed by atoms with van der Waals surface area (Å²) in [7, 11) is 0. The second-order valence-electron chi connectivity index (χ2n) is 7.69. The lowest BCUT2D eigenvalue weighted by Gasteiger charge is -2.42. The Balaban J connectivity index is 1.47. The maximum Gasteiger partial charge on any atom is 0.0991 e. The van der Waals surface area contributed by atoms with Crippen molar-refractivity contribution in [3.8, 4) is 6.07 Å². The van der Waals surface area contributed by atoms with Gasteiger partial charge in [-0.25, -0.2) is 0 Å². The van der Waals surface area contributed by atoms with E-state index in [0.29, 0.717) is 20.6 Å². The number of pyridine rings is 1. The maximum atomic E-state index is 8.93. The minimum absolute atomic E-state index is 0.300. The summed E-state index contributed by atoms with van der Waals surface area (Å²) in [6.07, 6.45) is 4.77. The number of halogens is 2. The van der Waals surface area contributed by atoms with Crippen molar-refractivity contribution in [2.24, 2.45) is 5.73 Å². The zero-order valence-corrected chi connectivity index (χ0v) is 18.8. The molecular formula is C23H22ClIN4. The van der Waals surface area contributed by atoms with Crippen molar-refractivity contribution < 1.29 is 0 Å². The predicted molar refractivity (Wildman–Crippen MR) is 126 cm³/mol. The van der Waals surface area contributed by atoms with Gasteiger partial charge in [-0.05, 0) is 60.7 Å². The summed E-state index contributed by atoms with van der Waals surface area (Å²) in [6.45, 7) is 0.800. The van der Waals surface area contributed by atoms with E-state index < -0.39 is 0 Å². The number of hydrogen-bond donors (Lipinski definition) is 2. The Morgan fingerprint density at radius 3 is 2.76 bits per heavy atom. The van der Waals surface area contributed by atoms with E-state index >= 15 is 0 Å². The van der Waals surface area contributed by atoms with Crippen molar-refractivity contribution in [2.75, 3.05) is 0 Å². The van der Waals surface area contributed by atoms with E-state index in [9.17, 15) is 0 Å². The van der Waals surface area contributed by atoms with Crippen LogP contribution in [0.25, 0.3) is 10.9 Å². The molecule has 1 aliphatic carbocycles. The van der Waals surface area contributed by atoms with Crippen molar-refractivity contribution in [3.05, 3.63) is 76.4 Å². The first-order chi connectivity index (χ1) is 14.0. The maximum absolute atomic E-state index is 8.93. The van der Waals surface area contributed by atoms with Crippen molar-refractivity contribution >= 4 is 45.1 Å². The van der Waals surface area contributed by atoms with Gasteiger partial charge in [0.25, 0.3) is 0 Å². The molecule has 3 aromatic rings. The van der Waals surface area contributed by atoms with Gasteiger partial charge in [-0.15, -0.1) is 0 Å². The second kappa shape index (κ2) is 8.57. The molecule has 0 radical (unpaired) electrons. The van der Waals surface area contributed by atoms with Crippen LogP contribution in [-0.4, -0.2) is 15.0 Å². The average Bonchev–Trinajstić information content (AvgIpc) is 2.74. The average molecular weight is 517 g/mol. The lowest BCUT2D eigenvalue weighted by Crippen LogP contribution is -2.52. The number of aromatic nitrogens is 1. The molecule has 2 aromatic carbocycles. The Morgan fingerprint density at radius 1 is 1.24 bits per heavy atom. The summed E-state index contributed by atoms with van der Waals surface area (Å²) in [5, 5.41) is 14.4. The molecule has 0 spiro atoms. The Morgan fingerprint density at radius 2 is 2.03 bits per heavy atom. The first kappa shape index (κ1) is 20.5. The van der Waals surface area contributed by atoms with Crippen LogP contribution in [0.5, 0.6) is 0 Å². The van der Waals surface area contributed by atoms with Crippen LogP contribution >= 0.6 is 34.2 Å². The van der Waals surface area contributed by atoms with Crippen molar-refractivity contribution in [2.45, 2.75) is 41.3 Å². The van der Waals surface area contributed by atoms with Crippen LogP contribution in [0.2, 0.25) is 5.02 Å². The SMILES string of the molecule is N#Cc1ccc(CNC2CCC(N)(c3ccnc4cc(Cl)ccc34)C(I)C2)cc1. The number of hydrogen-bond acceptors (Lipinski definition) is 4. The largest absolute Gasteiger partial charge is 0.321 e. The van der Waals surface area contributed by atoms with Crippen LogP contribution in [0.4, 0.5) is 0 Å². The molecule has 3 atom stereocenters. The molecule has 29 heavy (non-hydrogen) atoms. The fraction of sp³-hybridized carbons (Fsp3) is 0.304. The van der Waals surface area contributed by atoms with Crippen LogP contribution in [-0.2, 0) is 12.1 Å². The summed E-state index contributed by atoms with van der Waals surface area (Å²) in [5.74, 6) is 0. The number of nitrogens with one attached hydrogen (secondary N) is 1. The number of alkyl halides is 1. The zero-order valence-electron chi connectivity index (χ0n) is 15.9. The molecule has 0 saturated heterocycles. The minimum atomic E-state index is -0.387. The molecule has 1 aliphatic rings. The highest BCUT2D eigenvalue weighted by Crippen LogP contribution is 2.42. The third-order valence-corrected chi connectivity index (χ3v) is 7.70. The standard InChI is InChI=1S/C23H22ClIN4/c24-17-5-6-19-20(8-10-28-21(19)11-17)23(27)9-7-18(12-22(23)25)29-14-16-3-1-15(13-26)2-4-16/h1-6,8,10-11,18,22,29H,7,9,12,14,27H2. The lowest BCUT2D eigenvalue weighted by atomic mass is 9.74. The molecular weight excluding hydrogens is 495 g/mol. The molecule has 0 bridgehead atoms. The van der Waals surface area contributed by atoms with Crippen LogP contribution in [0.1, 0.15) is 36.0 Å². The third-order valence-electron chi connectivity index (χ3n) is 5.84. The van der Waals surface area contributed by atoms with E-state index in [0.717, 1.165) is 42.3 Å². The summed E-state index contributed by atoms with van der Waals surface area (Å²) in [4.78, 5) is 4.47. The highest BCUT2D eigenvalue weighted by molar-refractivity contribution is 14.1. The van der Waals surface area contributed by atoms with Crippen molar-refractivity contribution in [1.29, 1.82) is 5.26 Å². The Bertz CT molecular complexity index is 1060. The van der Waals surface area contributed by atoms with Gasteiger partial charge >= 0.3 is 0 Å². The van der Waals surface area contributed by atoms with Gasteiger partial charge in [-0.2, -0.15) is 5.26 Å². The number of nitriles is 1. The zero-order chi connectivity index (χ0) is 20.4. The second-order valence-corrected chi connectivity index (χ2v) is 9.63. The smallest absolute Gasteiger partial charge is 0.0991 e. The van der Waals surface area contributed by atoms with E-state index in [2.05, 4.69) is 45.0 Å². The van der Waals surface area contributed by atoms with Crippen LogP contribution in [0.15, 0.2) is 54.7 Å². The number of nitrogens with zero attached hydrogens (tertiary/aromatic N) is 2. The number of fused-ring (bicyclic) bond motifs is 1. The van der Waals surface area contributed by atoms with Gasteiger partial charge in [-0.3, -0.25) is 4.98 Å². The monoisotopic (exact) mass is 516 g/mol. The van der Waals surface area contributed by atoms with Gasteiger partial charge in [0.1, 0.15) is 0 Å². The van der Waals surface area contributed by atoms with Crippen LogP contribution in [0.3, 0.4) is 0 Å². The molecule has 148 valence electrons. The van der Waals surface area contributed by atoms with Gasteiger partial charge in [0.2, 0.25) is 0 Å². The lowest BCUT2D eigenvalue weighted by molar-refractivity contribution is 0.271. The molecule has 3 unspecified atom stereocenters. The first-order valence-corrected chi connectivity index (χ1v) is 11.3. The van der Waals surface area contributed by atoms with Crippen LogP contribution in [0, 0.1) is 11.3 Å². The van der Waals surface area contributed by atoms with Gasteiger partial charge < -0.3 is 11.1 Å². The normalized spacial score (nSPS) is 24.3. The minimum Gasteiger partial charge on any atom is -0.321 e. The van der Waals surface area contributed by atoms with E-state index in [1.165, 1.54) is 5.56 Å². The predicted octanol–water partition coefficient (Wildman–Crippen LogP) is 5.06. The van der Waals surface area contributed by atoms with E-state index in [1.54, 1.807) is 0 Å². The molecule has 1 fully saturated rings. The molecule has 1 saturated carbocycles. The van der Waals surface area contributed by atoms with Crippen molar-refractivity contribution in [1.82, 2.24) is 10.3 Å². The number of rotatable bonds is 4. The highest BCUT2D eigenvalue weighted by atomic mass is 127. The van der Waals surface area contributed by atoms with Gasteiger partial charge in [-0.1, -0.05) is 52.4 Å². The summed E-state index contributed by atoms with van der Waals surface area (Å²) in [6, 6.07) is 18.2. The van der Waals surface area contributed by atoms with E-state index in [1.807, 2.05) is 48.7 Å². The Labute approximate surface area is 189 Å². The summed E-state index contributed by atoms with van der Waals surface area (Å²) < 4.78 is 0.300. The van der Waals surface area contributed by atoms with E-state index in [-0.39, 0.29) is 5.54 Å². The van der Waals surface area contributed by atoms with Crippen LogP contribution < -0.4 is 11.1 Å². The quantitative estimate of drug-likeness (QED) is 0.375. The molecule has 1 heterocycles. The topological polar surface area (TPSA) is 74.7 Å². The summed E-state index contributed by atoms with van der Waals surface area (Å²) >= 11 is 8.65. The molecule has 4 rings (SSSR count). The third kappa shape index (κ3) is 4.26. The fourth-order valence-electron chi connectivity index (χ4n) is 4.12. The first-order valence-electron chi connectivity index (χ1n) is 9.70. The molecule has 6 heteroatoms. The molecule has 4 nitrogen and oxygen atoms in total. The number of nitrogens with two attached hydrogens (primary N) is 1. The molecule has 0 amide bonds. The van der Waals surface area contributed by atoms with Gasteiger partial charge in [0.15, 0.2) is 0 Å². The van der Waals surface area contributed by atoms with Crippen molar-refractivity contribution in [3.63, 3.8) is 0 Å². The summed E-state index contributed by atoms with van der Waals surface area (Å²) in [5.41, 5.74) is 10.5. The Hall–Kier alpha value is -1.72. The molecule has 0 aliphatic heterocycles. The molecule has 3 N–H and O–H groups in total. The van der Waals surface area contributed by atoms with Gasteiger partial charge in [0.05, 0.1) is 22.7 Å². The Kier molecular flexibility index (Phi) is 6.07. The number of benzene rings is 2.